The number of rotatable bonds is 4. The van der Waals surface area contributed by atoms with E-state index in [1.54, 1.807) is 0 Å². The third kappa shape index (κ3) is 4.35. The number of para-hydroxylation sites is 1. The zero-order valence-electron chi connectivity index (χ0n) is 21.6. The fraction of sp³-hybridized carbons (Fsp3) is 0.188. The highest BCUT2D eigenvalue weighted by Gasteiger charge is 2.51. The van der Waals surface area contributed by atoms with E-state index in [1.165, 1.54) is 5.56 Å². The smallest absolute Gasteiger partial charge is 0.399 e. The van der Waals surface area contributed by atoms with Gasteiger partial charge in [0.25, 0.3) is 0 Å². The third-order valence-electron chi connectivity index (χ3n) is 7.54. The SMILES string of the molecule is CC1(C)OB(c2ccc(-c3nc(-c4cccc(-c5ccccc5)c4)nc4ccccc34)cc2)OC1(C)C. The third-order valence-corrected chi connectivity index (χ3v) is 7.54. The van der Waals surface area contributed by atoms with Crippen LogP contribution >= 0.6 is 0 Å². The second-order valence-electron chi connectivity index (χ2n) is 10.6. The van der Waals surface area contributed by atoms with Crippen molar-refractivity contribution >= 4 is 23.5 Å². The molecule has 0 spiro atoms. The normalized spacial score (nSPS) is 16.3. The van der Waals surface area contributed by atoms with Crippen molar-refractivity contribution in [2.24, 2.45) is 0 Å². The maximum absolute atomic E-state index is 6.24. The monoisotopic (exact) mass is 484 g/mol. The summed E-state index contributed by atoms with van der Waals surface area (Å²) in [4.78, 5) is 10.0. The lowest BCUT2D eigenvalue weighted by Gasteiger charge is -2.32. The summed E-state index contributed by atoms with van der Waals surface area (Å²) in [6.45, 7) is 8.29. The van der Waals surface area contributed by atoms with Crippen molar-refractivity contribution in [2.75, 3.05) is 0 Å². The molecule has 0 atom stereocenters. The van der Waals surface area contributed by atoms with Gasteiger partial charge in [0, 0.05) is 16.5 Å². The second kappa shape index (κ2) is 8.95. The summed E-state index contributed by atoms with van der Waals surface area (Å²) in [6, 6.07) is 35.3. The molecule has 1 aliphatic heterocycles. The molecule has 1 saturated heterocycles. The summed E-state index contributed by atoms with van der Waals surface area (Å²) in [6.07, 6.45) is 0. The van der Waals surface area contributed by atoms with Crippen LogP contribution in [0.2, 0.25) is 0 Å². The summed E-state index contributed by atoms with van der Waals surface area (Å²) >= 11 is 0. The Hall–Kier alpha value is -3.80. The van der Waals surface area contributed by atoms with Crippen LogP contribution < -0.4 is 5.46 Å². The summed E-state index contributed by atoms with van der Waals surface area (Å²) in [5.74, 6) is 0.710. The van der Waals surface area contributed by atoms with Gasteiger partial charge in [0.15, 0.2) is 5.82 Å². The number of hydrogen-bond acceptors (Lipinski definition) is 4. The minimum absolute atomic E-state index is 0.373. The van der Waals surface area contributed by atoms with Crippen LogP contribution in [-0.4, -0.2) is 28.3 Å². The topological polar surface area (TPSA) is 44.2 Å². The molecule has 1 aromatic heterocycles. The van der Waals surface area contributed by atoms with Gasteiger partial charge in [0.05, 0.1) is 22.4 Å². The van der Waals surface area contributed by atoms with Crippen molar-refractivity contribution in [2.45, 2.75) is 38.9 Å². The van der Waals surface area contributed by atoms with Crippen LogP contribution in [0.15, 0.2) is 103 Å². The zero-order valence-corrected chi connectivity index (χ0v) is 21.6. The van der Waals surface area contributed by atoms with Crippen LogP contribution in [0.3, 0.4) is 0 Å². The molecule has 1 fully saturated rings. The van der Waals surface area contributed by atoms with E-state index in [0.29, 0.717) is 5.82 Å². The van der Waals surface area contributed by atoms with Crippen molar-refractivity contribution in [3.8, 4) is 33.8 Å². The van der Waals surface area contributed by atoms with Gasteiger partial charge in [0.2, 0.25) is 0 Å². The molecule has 4 aromatic carbocycles. The molecule has 0 bridgehead atoms. The Labute approximate surface area is 218 Å². The number of benzene rings is 4. The minimum Gasteiger partial charge on any atom is -0.399 e. The van der Waals surface area contributed by atoms with Crippen LogP contribution in [0, 0.1) is 0 Å². The average molecular weight is 484 g/mol. The first-order valence-electron chi connectivity index (χ1n) is 12.7. The number of fused-ring (bicyclic) bond motifs is 1. The molecule has 0 N–H and O–H groups in total. The molecule has 4 nitrogen and oxygen atoms in total. The maximum atomic E-state index is 6.24. The maximum Gasteiger partial charge on any atom is 0.494 e. The summed E-state index contributed by atoms with van der Waals surface area (Å²) in [5.41, 5.74) is 6.41. The summed E-state index contributed by atoms with van der Waals surface area (Å²) < 4.78 is 12.5. The van der Waals surface area contributed by atoms with Gasteiger partial charge in [-0.3, -0.25) is 0 Å². The van der Waals surface area contributed by atoms with Gasteiger partial charge in [0.1, 0.15) is 0 Å². The summed E-state index contributed by atoms with van der Waals surface area (Å²) in [5, 5.41) is 1.02. The predicted molar refractivity (Wildman–Crippen MR) is 152 cm³/mol. The van der Waals surface area contributed by atoms with E-state index in [4.69, 9.17) is 19.3 Å². The van der Waals surface area contributed by atoms with Crippen molar-refractivity contribution in [3.63, 3.8) is 0 Å². The van der Waals surface area contributed by atoms with Crippen LogP contribution in [0.1, 0.15) is 27.7 Å². The molecule has 6 rings (SSSR count). The fourth-order valence-corrected chi connectivity index (χ4v) is 4.67. The van der Waals surface area contributed by atoms with E-state index in [1.807, 2.05) is 24.3 Å². The minimum atomic E-state index is -0.391. The first-order chi connectivity index (χ1) is 17.8. The van der Waals surface area contributed by atoms with Crippen molar-refractivity contribution in [3.05, 3.63) is 103 Å². The molecule has 0 unspecified atom stereocenters. The first-order valence-corrected chi connectivity index (χ1v) is 12.7. The summed E-state index contributed by atoms with van der Waals surface area (Å²) in [7, 11) is -0.391. The van der Waals surface area contributed by atoms with Gasteiger partial charge in [-0.2, -0.15) is 0 Å². The quantitative estimate of drug-likeness (QED) is 0.260. The van der Waals surface area contributed by atoms with Crippen molar-refractivity contribution < 1.29 is 9.31 Å². The Kier molecular flexibility index (Phi) is 5.71. The largest absolute Gasteiger partial charge is 0.494 e. The van der Waals surface area contributed by atoms with Crippen LogP contribution in [0.5, 0.6) is 0 Å². The predicted octanol–water partition coefficient (Wildman–Crippen LogP) is 6.93. The molecular formula is C32H29BN2O2. The molecule has 0 aliphatic carbocycles. The average Bonchev–Trinajstić information content (AvgIpc) is 3.15. The van der Waals surface area contributed by atoms with Crippen molar-refractivity contribution in [1.82, 2.24) is 9.97 Å². The highest BCUT2D eigenvalue weighted by molar-refractivity contribution is 6.62. The number of aromatic nitrogens is 2. The van der Waals surface area contributed by atoms with Crippen LogP contribution in [0.25, 0.3) is 44.7 Å². The molecule has 5 aromatic rings. The lowest BCUT2D eigenvalue weighted by Crippen LogP contribution is -2.41. The fourth-order valence-electron chi connectivity index (χ4n) is 4.67. The van der Waals surface area contributed by atoms with Crippen LogP contribution in [0.4, 0.5) is 0 Å². The van der Waals surface area contributed by atoms with E-state index in [2.05, 4.69) is 107 Å². The molecule has 0 saturated carbocycles. The standard InChI is InChI=1S/C32H29BN2O2/c1-31(2)32(3,4)37-33(36-31)26-19-17-23(18-20-26)29-27-15-8-9-16-28(27)34-30(35-29)25-14-10-13-24(21-25)22-11-6-5-7-12-22/h5-21H,1-4H3. The van der Waals surface area contributed by atoms with E-state index < -0.39 is 7.12 Å². The molecule has 0 amide bonds. The highest BCUT2D eigenvalue weighted by Crippen LogP contribution is 2.37. The van der Waals surface area contributed by atoms with Gasteiger partial charge in [-0.1, -0.05) is 91.0 Å². The van der Waals surface area contributed by atoms with E-state index in [-0.39, 0.29) is 11.2 Å². The Morgan fingerprint density at radius 1 is 0.568 bits per heavy atom. The van der Waals surface area contributed by atoms with Crippen LogP contribution in [-0.2, 0) is 9.31 Å². The molecule has 37 heavy (non-hydrogen) atoms. The lowest BCUT2D eigenvalue weighted by atomic mass is 9.78. The Bertz CT molecular complexity index is 1560. The Balaban J connectivity index is 1.40. The molecule has 2 heterocycles. The highest BCUT2D eigenvalue weighted by atomic mass is 16.7. The molecule has 0 radical (unpaired) electrons. The zero-order chi connectivity index (χ0) is 25.6. The van der Waals surface area contributed by atoms with Gasteiger partial charge in [-0.15, -0.1) is 0 Å². The Morgan fingerprint density at radius 2 is 1.19 bits per heavy atom. The van der Waals surface area contributed by atoms with Gasteiger partial charge in [-0.05, 0) is 56.4 Å². The first kappa shape index (κ1) is 23.6. The molecular weight excluding hydrogens is 455 g/mol. The Morgan fingerprint density at radius 3 is 1.92 bits per heavy atom. The van der Waals surface area contributed by atoms with Gasteiger partial charge in [-0.25, -0.2) is 9.97 Å². The molecule has 1 aliphatic rings. The lowest BCUT2D eigenvalue weighted by molar-refractivity contribution is 0.00578. The second-order valence-corrected chi connectivity index (χ2v) is 10.6. The molecule has 5 heteroatoms. The van der Waals surface area contributed by atoms with Crippen molar-refractivity contribution in [1.29, 1.82) is 0 Å². The number of hydrogen-bond donors (Lipinski definition) is 0. The van der Waals surface area contributed by atoms with E-state index in [9.17, 15) is 0 Å². The van der Waals surface area contributed by atoms with E-state index >= 15 is 0 Å². The molecule has 182 valence electrons. The number of nitrogens with zero attached hydrogens (tertiary/aromatic N) is 2. The van der Waals surface area contributed by atoms with Gasteiger partial charge >= 0.3 is 7.12 Å². The van der Waals surface area contributed by atoms with E-state index in [0.717, 1.165) is 38.8 Å². The van der Waals surface area contributed by atoms with Gasteiger partial charge < -0.3 is 9.31 Å².